The number of benzene rings is 2. The zero-order valence-electron chi connectivity index (χ0n) is 20.4. The van der Waals surface area contributed by atoms with Crippen molar-refractivity contribution in [3.63, 3.8) is 0 Å². The van der Waals surface area contributed by atoms with Crippen molar-refractivity contribution in [2.45, 2.75) is 38.6 Å². The second kappa shape index (κ2) is 11.2. The first kappa shape index (κ1) is 23.7. The van der Waals surface area contributed by atoms with Crippen LogP contribution in [0.4, 0.5) is 0 Å². The van der Waals surface area contributed by atoms with Crippen LogP contribution in [0.1, 0.15) is 36.5 Å². The van der Waals surface area contributed by atoms with Crippen LogP contribution in [0.3, 0.4) is 0 Å². The standard InChI is InChI=1S/C27H30N6O3/c1-35-23-12-6-5-11-22(23)27-29-25(36-31-27)13-14-26(34)32-15-7-10-21(18-32)16-24-30-28-19-33(24)17-20-8-3-2-4-9-20/h2-6,8-9,11-12,19,21H,7,10,13-18H2,1H3. The van der Waals surface area contributed by atoms with Crippen molar-refractivity contribution in [3.8, 4) is 17.1 Å². The number of nitrogens with zero attached hydrogens (tertiary/aromatic N) is 6. The number of carbonyl (C=O) groups excluding carboxylic acids is 1. The van der Waals surface area contributed by atoms with Crippen molar-refractivity contribution in [3.05, 3.63) is 78.2 Å². The Bertz CT molecular complexity index is 1290. The molecule has 0 N–H and O–H groups in total. The van der Waals surface area contributed by atoms with Crippen molar-refractivity contribution in [1.82, 2.24) is 29.8 Å². The number of rotatable bonds is 9. The van der Waals surface area contributed by atoms with Gasteiger partial charge in [0.15, 0.2) is 0 Å². The van der Waals surface area contributed by atoms with Crippen molar-refractivity contribution < 1.29 is 14.1 Å². The predicted molar refractivity (Wildman–Crippen MR) is 133 cm³/mol. The summed E-state index contributed by atoms with van der Waals surface area (Å²) in [5, 5.41) is 12.6. The van der Waals surface area contributed by atoms with Crippen molar-refractivity contribution in [2.24, 2.45) is 5.92 Å². The Labute approximate surface area is 210 Å². The number of likely N-dealkylation sites (tertiary alicyclic amines) is 1. The molecule has 1 aliphatic rings. The SMILES string of the molecule is COc1ccccc1-c1noc(CCC(=O)N2CCCC(Cc3nncn3Cc3ccccc3)C2)n1. The van der Waals surface area contributed by atoms with E-state index in [0.717, 1.165) is 50.3 Å². The zero-order chi connectivity index (χ0) is 24.7. The Morgan fingerprint density at radius 1 is 1.14 bits per heavy atom. The molecule has 0 saturated carbocycles. The molecule has 1 saturated heterocycles. The Morgan fingerprint density at radius 2 is 1.97 bits per heavy atom. The first-order valence-electron chi connectivity index (χ1n) is 12.3. The Kier molecular flexibility index (Phi) is 7.35. The fraction of sp³-hybridized carbons (Fsp3) is 0.370. The molecule has 9 nitrogen and oxygen atoms in total. The topological polar surface area (TPSA) is 99.2 Å². The third-order valence-electron chi connectivity index (χ3n) is 6.60. The minimum absolute atomic E-state index is 0.113. The fourth-order valence-electron chi connectivity index (χ4n) is 4.73. The fourth-order valence-corrected chi connectivity index (χ4v) is 4.73. The summed E-state index contributed by atoms with van der Waals surface area (Å²) in [4.78, 5) is 19.4. The molecule has 2 aromatic heterocycles. The van der Waals surface area contributed by atoms with Gasteiger partial charge in [0.2, 0.25) is 17.6 Å². The van der Waals surface area contributed by atoms with E-state index >= 15 is 0 Å². The average molecular weight is 487 g/mol. The highest BCUT2D eigenvalue weighted by Gasteiger charge is 2.25. The third-order valence-corrected chi connectivity index (χ3v) is 6.60. The molecule has 36 heavy (non-hydrogen) atoms. The third kappa shape index (κ3) is 5.62. The van der Waals surface area contributed by atoms with E-state index < -0.39 is 0 Å². The van der Waals surface area contributed by atoms with Gasteiger partial charge in [-0.2, -0.15) is 4.98 Å². The van der Waals surface area contributed by atoms with E-state index in [2.05, 4.69) is 37.0 Å². The lowest BCUT2D eigenvalue weighted by atomic mass is 9.94. The van der Waals surface area contributed by atoms with Gasteiger partial charge in [0.05, 0.1) is 19.2 Å². The summed E-state index contributed by atoms with van der Waals surface area (Å²) in [6.45, 7) is 2.26. The van der Waals surface area contributed by atoms with Gasteiger partial charge in [0.25, 0.3) is 0 Å². The monoisotopic (exact) mass is 486 g/mol. The quantitative estimate of drug-likeness (QED) is 0.355. The predicted octanol–water partition coefficient (Wildman–Crippen LogP) is 3.80. The van der Waals surface area contributed by atoms with E-state index in [0.29, 0.717) is 36.2 Å². The van der Waals surface area contributed by atoms with Crippen LogP contribution in [0.5, 0.6) is 5.75 Å². The van der Waals surface area contributed by atoms with Gasteiger partial charge in [-0.05, 0) is 36.5 Å². The highest BCUT2D eigenvalue weighted by molar-refractivity contribution is 5.76. The van der Waals surface area contributed by atoms with Gasteiger partial charge in [-0.1, -0.05) is 47.6 Å². The normalized spacial score (nSPS) is 15.7. The molecule has 0 radical (unpaired) electrons. The van der Waals surface area contributed by atoms with Crippen molar-refractivity contribution >= 4 is 5.91 Å². The molecule has 0 bridgehead atoms. The number of hydrogen-bond acceptors (Lipinski definition) is 7. The summed E-state index contributed by atoms with van der Waals surface area (Å²) in [6.07, 6.45) is 5.41. The minimum atomic E-state index is 0.113. The Morgan fingerprint density at radius 3 is 2.83 bits per heavy atom. The van der Waals surface area contributed by atoms with Crippen LogP contribution in [0.25, 0.3) is 11.4 Å². The first-order chi connectivity index (χ1) is 17.7. The smallest absolute Gasteiger partial charge is 0.227 e. The highest BCUT2D eigenvalue weighted by Crippen LogP contribution is 2.27. The lowest BCUT2D eigenvalue weighted by Gasteiger charge is -2.32. The summed E-state index contributed by atoms with van der Waals surface area (Å²) in [5.41, 5.74) is 1.98. The van der Waals surface area contributed by atoms with Gasteiger partial charge in [0.1, 0.15) is 17.9 Å². The maximum absolute atomic E-state index is 13.0. The molecular weight excluding hydrogens is 456 g/mol. The number of aryl methyl sites for hydroxylation is 1. The van der Waals surface area contributed by atoms with Crippen molar-refractivity contribution in [1.29, 1.82) is 0 Å². The lowest BCUT2D eigenvalue weighted by molar-refractivity contribution is -0.133. The number of piperidine rings is 1. The molecule has 1 amide bonds. The van der Waals surface area contributed by atoms with Crippen LogP contribution in [0, 0.1) is 5.92 Å². The highest BCUT2D eigenvalue weighted by atomic mass is 16.5. The van der Waals surface area contributed by atoms with Gasteiger partial charge in [-0.25, -0.2) is 0 Å². The largest absolute Gasteiger partial charge is 0.496 e. The van der Waals surface area contributed by atoms with Crippen LogP contribution in [-0.2, 0) is 24.2 Å². The summed E-state index contributed by atoms with van der Waals surface area (Å²) < 4.78 is 12.9. The molecule has 2 aromatic carbocycles. The number of hydrogen-bond donors (Lipinski definition) is 0. The summed E-state index contributed by atoms with van der Waals surface area (Å²) in [7, 11) is 1.61. The molecular formula is C27H30N6O3. The molecule has 1 unspecified atom stereocenters. The van der Waals surface area contributed by atoms with E-state index in [4.69, 9.17) is 9.26 Å². The zero-order valence-corrected chi connectivity index (χ0v) is 20.4. The molecule has 0 spiro atoms. The molecule has 4 aromatic rings. The van der Waals surface area contributed by atoms with Gasteiger partial charge in [-0.3, -0.25) is 4.79 Å². The van der Waals surface area contributed by atoms with Gasteiger partial charge >= 0.3 is 0 Å². The first-order valence-corrected chi connectivity index (χ1v) is 12.3. The Hall–Kier alpha value is -4.01. The van der Waals surface area contributed by atoms with Crippen LogP contribution >= 0.6 is 0 Å². The molecule has 5 rings (SSSR count). The average Bonchev–Trinajstić information content (AvgIpc) is 3.57. The second-order valence-corrected chi connectivity index (χ2v) is 9.12. The van der Waals surface area contributed by atoms with Crippen LogP contribution in [0.2, 0.25) is 0 Å². The van der Waals surface area contributed by atoms with E-state index in [1.54, 1.807) is 13.4 Å². The molecule has 9 heteroatoms. The minimum Gasteiger partial charge on any atom is -0.496 e. The van der Waals surface area contributed by atoms with Crippen LogP contribution in [0.15, 0.2) is 65.4 Å². The summed E-state index contributed by atoms with van der Waals surface area (Å²) in [5.74, 6) is 3.04. The van der Waals surface area contributed by atoms with E-state index in [9.17, 15) is 4.79 Å². The van der Waals surface area contributed by atoms with Crippen molar-refractivity contribution in [2.75, 3.05) is 20.2 Å². The number of methoxy groups -OCH3 is 1. The maximum atomic E-state index is 13.0. The second-order valence-electron chi connectivity index (χ2n) is 9.12. The van der Waals surface area contributed by atoms with Gasteiger partial charge < -0.3 is 18.7 Å². The maximum Gasteiger partial charge on any atom is 0.227 e. The molecule has 1 aliphatic heterocycles. The number of amides is 1. The van der Waals surface area contributed by atoms with Gasteiger partial charge in [-0.15, -0.1) is 10.2 Å². The molecule has 0 aliphatic carbocycles. The number of aromatic nitrogens is 5. The van der Waals surface area contributed by atoms with Crippen LogP contribution in [-0.4, -0.2) is 55.9 Å². The van der Waals surface area contributed by atoms with E-state index in [1.807, 2.05) is 47.4 Å². The Balaban J connectivity index is 1.15. The van der Waals surface area contributed by atoms with Gasteiger partial charge in [0, 0.05) is 32.4 Å². The lowest BCUT2D eigenvalue weighted by Crippen LogP contribution is -2.40. The van der Waals surface area contributed by atoms with Crippen LogP contribution < -0.4 is 4.74 Å². The summed E-state index contributed by atoms with van der Waals surface area (Å²) >= 11 is 0. The number of ether oxygens (including phenoxy) is 1. The number of para-hydroxylation sites is 1. The summed E-state index contributed by atoms with van der Waals surface area (Å²) in [6, 6.07) is 17.8. The molecule has 3 heterocycles. The molecule has 1 fully saturated rings. The number of carbonyl (C=O) groups is 1. The van der Waals surface area contributed by atoms with E-state index in [1.165, 1.54) is 5.56 Å². The molecule has 1 atom stereocenters. The molecule has 186 valence electrons. The van der Waals surface area contributed by atoms with E-state index in [-0.39, 0.29) is 5.91 Å².